The number of anilines is 1. The fourth-order valence-electron chi connectivity index (χ4n) is 3.36. The minimum Gasteiger partial charge on any atom is -0.497 e. The molecule has 0 saturated carbocycles. The minimum absolute atomic E-state index is 0.0942. The Hall–Kier alpha value is -4.34. The number of aromatic nitrogens is 3. The second kappa shape index (κ2) is 10.1. The molecule has 0 unspecified atom stereocenters. The van der Waals surface area contributed by atoms with E-state index in [1.54, 1.807) is 55.6 Å². The summed E-state index contributed by atoms with van der Waals surface area (Å²) in [5, 5.41) is 7.20. The summed E-state index contributed by atoms with van der Waals surface area (Å²) in [5.74, 6) is 0.673. The molecule has 0 spiro atoms. The molecule has 1 heterocycles. The number of nitrogens with one attached hydrogen (secondary N) is 1. The van der Waals surface area contributed by atoms with E-state index in [0.29, 0.717) is 34.1 Å². The van der Waals surface area contributed by atoms with Crippen LogP contribution in [-0.4, -0.2) is 33.9 Å². The number of ether oxygens (including phenoxy) is 2. The van der Waals surface area contributed by atoms with Crippen LogP contribution in [0.2, 0.25) is 0 Å². The molecule has 0 saturated heterocycles. The van der Waals surface area contributed by atoms with Gasteiger partial charge in [-0.05, 0) is 74.5 Å². The quantitative estimate of drug-likeness (QED) is 0.340. The van der Waals surface area contributed by atoms with Gasteiger partial charge in [-0.2, -0.15) is 18.2 Å². The van der Waals surface area contributed by atoms with E-state index >= 15 is 0 Å². The number of nitrogens with zero attached hydrogens (tertiary/aromatic N) is 3. The first-order valence-corrected chi connectivity index (χ1v) is 11.0. The average molecular weight is 496 g/mol. The first kappa shape index (κ1) is 24.8. The number of halogens is 3. The normalized spacial score (nSPS) is 11.4. The molecule has 0 aliphatic carbocycles. The molecule has 1 N–H and O–H groups in total. The molecule has 4 rings (SSSR count). The van der Waals surface area contributed by atoms with Crippen molar-refractivity contribution in [2.45, 2.75) is 26.1 Å². The number of hydrogen-bond acceptors (Lipinski definition) is 5. The van der Waals surface area contributed by atoms with E-state index in [-0.39, 0.29) is 18.0 Å². The lowest BCUT2D eigenvalue weighted by Crippen LogP contribution is -2.11. The smallest absolute Gasteiger partial charge is 0.416 e. The Morgan fingerprint density at radius 2 is 1.58 bits per heavy atom. The van der Waals surface area contributed by atoms with E-state index in [0.717, 1.165) is 12.1 Å². The van der Waals surface area contributed by atoms with Gasteiger partial charge in [0.2, 0.25) is 0 Å². The molecule has 7 nitrogen and oxygen atoms in total. The lowest BCUT2D eigenvalue weighted by atomic mass is 10.1. The molecule has 0 bridgehead atoms. The Morgan fingerprint density at radius 3 is 2.14 bits per heavy atom. The highest BCUT2D eigenvalue weighted by Gasteiger charge is 2.30. The monoisotopic (exact) mass is 496 g/mol. The number of carbonyl (C=O) groups excluding carboxylic acids is 1. The summed E-state index contributed by atoms with van der Waals surface area (Å²) in [6, 6.07) is 18.3. The Morgan fingerprint density at radius 1 is 0.944 bits per heavy atom. The van der Waals surface area contributed by atoms with Gasteiger partial charge in [0.1, 0.15) is 5.75 Å². The van der Waals surface area contributed by atoms with Crippen molar-refractivity contribution in [3.8, 4) is 28.8 Å². The van der Waals surface area contributed by atoms with Gasteiger partial charge in [-0.25, -0.2) is 4.68 Å². The molecule has 36 heavy (non-hydrogen) atoms. The van der Waals surface area contributed by atoms with Crippen molar-refractivity contribution in [2.75, 3.05) is 12.4 Å². The second-order valence-corrected chi connectivity index (χ2v) is 8.10. The number of benzene rings is 3. The summed E-state index contributed by atoms with van der Waals surface area (Å²) >= 11 is 0. The molecule has 0 atom stereocenters. The van der Waals surface area contributed by atoms with E-state index in [4.69, 9.17) is 9.47 Å². The molecule has 10 heteroatoms. The van der Waals surface area contributed by atoms with Crippen LogP contribution in [0.3, 0.4) is 0 Å². The lowest BCUT2D eigenvalue weighted by molar-refractivity contribution is -0.137. The standard InChI is InChI=1S/C26H23F3N4O3/c1-16(2)36-25-31-23(17-4-8-19(9-5-17)26(27,28)29)33(32-25)21-12-10-20(11-13-21)30-24(34)18-6-14-22(35-3)15-7-18/h4-16H,1-3H3,(H,30,34). The van der Waals surface area contributed by atoms with Gasteiger partial charge in [0.05, 0.1) is 24.5 Å². The maximum atomic E-state index is 13.0. The molecule has 0 radical (unpaired) electrons. The number of amides is 1. The van der Waals surface area contributed by atoms with E-state index in [9.17, 15) is 18.0 Å². The highest BCUT2D eigenvalue weighted by atomic mass is 19.4. The molecule has 186 valence electrons. The van der Waals surface area contributed by atoms with Crippen LogP contribution in [0.15, 0.2) is 72.8 Å². The molecule has 1 aromatic heterocycles. The number of methoxy groups -OCH3 is 1. The van der Waals surface area contributed by atoms with Gasteiger partial charge in [0, 0.05) is 16.8 Å². The molecule has 0 aliphatic heterocycles. The molecule has 0 aliphatic rings. The lowest BCUT2D eigenvalue weighted by Gasteiger charge is -2.10. The summed E-state index contributed by atoms with van der Waals surface area (Å²) in [6.07, 6.45) is -4.64. The predicted molar refractivity (Wildman–Crippen MR) is 129 cm³/mol. The molecule has 4 aromatic rings. The zero-order chi connectivity index (χ0) is 25.9. The van der Waals surface area contributed by atoms with Gasteiger partial charge in [-0.1, -0.05) is 12.1 Å². The maximum absolute atomic E-state index is 13.0. The fourth-order valence-corrected chi connectivity index (χ4v) is 3.36. The van der Waals surface area contributed by atoms with Crippen LogP contribution in [0.1, 0.15) is 29.8 Å². The van der Waals surface area contributed by atoms with Crippen LogP contribution in [0, 0.1) is 0 Å². The van der Waals surface area contributed by atoms with Crippen LogP contribution in [-0.2, 0) is 6.18 Å². The summed E-state index contributed by atoms with van der Waals surface area (Å²) in [5.41, 5.74) is 1.28. The molecule has 1 amide bonds. The minimum atomic E-state index is -4.44. The highest BCUT2D eigenvalue weighted by molar-refractivity contribution is 6.04. The zero-order valence-electron chi connectivity index (χ0n) is 19.7. The van der Waals surface area contributed by atoms with Crippen molar-refractivity contribution in [3.63, 3.8) is 0 Å². The van der Waals surface area contributed by atoms with E-state index in [2.05, 4.69) is 15.4 Å². The van der Waals surface area contributed by atoms with Crippen LogP contribution in [0.25, 0.3) is 17.1 Å². The van der Waals surface area contributed by atoms with Crippen LogP contribution in [0.5, 0.6) is 11.8 Å². The third-order valence-corrected chi connectivity index (χ3v) is 5.12. The Bertz CT molecular complexity index is 1330. The molecule has 3 aromatic carbocycles. The van der Waals surface area contributed by atoms with Gasteiger partial charge in [0.25, 0.3) is 5.91 Å². The van der Waals surface area contributed by atoms with Gasteiger partial charge in [-0.3, -0.25) is 4.79 Å². The Kier molecular flexibility index (Phi) is 6.96. The van der Waals surface area contributed by atoms with Crippen molar-refractivity contribution >= 4 is 11.6 Å². The van der Waals surface area contributed by atoms with E-state index in [1.165, 1.54) is 16.8 Å². The predicted octanol–water partition coefficient (Wildman–Crippen LogP) is 6.00. The van der Waals surface area contributed by atoms with Crippen LogP contribution in [0.4, 0.5) is 18.9 Å². The number of alkyl halides is 3. The number of rotatable bonds is 7. The average Bonchev–Trinajstić information content (AvgIpc) is 3.27. The first-order chi connectivity index (χ1) is 17.1. The van der Waals surface area contributed by atoms with Crippen molar-refractivity contribution < 1.29 is 27.4 Å². The van der Waals surface area contributed by atoms with E-state index < -0.39 is 11.7 Å². The zero-order valence-corrected chi connectivity index (χ0v) is 19.7. The van der Waals surface area contributed by atoms with Gasteiger partial charge >= 0.3 is 12.2 Å². The fraction of sp³-hybridized carbons (Fsp3) is 0.192. The Balaban J connectivity index is 1.60. The van der Waals surface area contributed by atoms with E-state index in [1.807, 2.05) is 13.8 Å². The topological polar surface area (TPSA) is 78.3 Å². The SMILES string of the molecule is COc1ccc(C(=O)Nc2ccc(-n3nc(OC(C)C)nc3-c3ccc(C(F)(F)F)cc3)cc2)cc1. The van der Waals surface area contributed by atoms with Gasteiger partial charge in [-0.15, -0.1) is 5.10 Å². The largest absolute Gasteiger partial charge is 0.497 e. The maximum Gasteiger partial charge on any atom is 0.416 e. The van der Waals surface area contributed by atoms with Crippen molar-refractivity contribution in [1.29, 1.82) is 0 Å². The molecule has 0 fully saturated rings. The first-order valence-electron chi connectivity index (χ1n) is 11.0. The number of carbonyl (C=O) groups is 1. The van der Waals surface area contributed by atoms with Crippen LogP contribution >= 0.6 is 0 Å². The third kappa shape index (κ3) is 5.65. The van der Waals surface area contributed by atoms with Gasteiger partial charge in [0.15, 0.2) is 5.82 Å². The van der Waals surface area contributed by atoms with Crippen molar-refractivity contribution in [3.05, 3.63) is 83.9 Å². The summed E-state index contributed by atoms with van der Waals surface area (Å²) in [4.78, 5) is 16.9. The van der Waals surface area contributed by atoms with Gasteiger partial charge < -0.3 is 14.8 Å². The third-order valence-electron chi connectivity index (χ3n) is 5.12. The second-order valence-electron chi connectivity index (χ2n) is 8.10. The van der Waals surface area contributed by atoms with Crippen LogP contribution < -0.4 is 14.8 Å². The molecular formula is C26H23F3N4O3. The summed E-state index contributed by atoms with van der Waals surface area (Å²) in [6.45, 7) is 3.64. The summed E-state index contributed by atoms with van der Waals surface area (Å²) in [7, 11) is 1.55. The Labute approximate surface area is 205 Å². The van der Waals surface area contributed by atoms with Crippen molar-refractivity contribution in [1.82, 2.24) is 14.8 Å². The molecular weight excluding hydrogens is 473 g/mol. The summed E-state index contributed by atoms with van der Waals surface area (Å²) < 4.78 is 51.2. The highest BCUT2D eigenvalue weighted by Crippen LogP contribution is 2.32. The van der Waals surface area contributed by atoms with Crippen molar-refractivity contribution in [2.24, 2.45) is 0 Å². The number of hydrogen-bond donors (Lipinski definition) is 1.